The molecule has 1 atom stereocenters. The summed E-state index contributed by atoms with van der Waals surface area (Å²) in [6.07, 6.45) is 3.93. The van der Waals surface area contributed by atoms with Crippen LogP contribution in [0.5, 0.6) is 0 Å². The summed E-state index contributed by atoms with van der Waals surface area (Å²) in [4.78, 5) is 32.1. The Bertz CT molecular complexity index is 1520. The Balaban J connectivity index is 1.29. The van der Waals surface area contributed by atoms with E-state index in [0.717, 1.165) is 43.0 Å². The number of nitrogens with one attached hydrogen (secondary N) is 2. The van der Waals surface area contributed by atoms with Crippen LogP contribution in [-0.2, 0) is 11.0 Å². The van der Waals surface area contributed by atoms with Crippen molar-refractivity contribution < 1.29 is 22.8 Å². The van der Waals surface area contributed by atoms with Gasteiger partial charge in [-0.3, -0.25) is 19.1 Å². The number of benzene rings is 1. The summed E-state index contributed by atoms with van der Waals surface area (Å²) in [6.45, 7) is 2.54. The molecule has 0 radical (unpaired) electrons. The highest BCUT2D eigenvalue weighted by Gasteiger charge is 2.32. The first kappa shape index (κ1) is 25.2. The van der Waals surface area contributed by atoms with Crippen LogP contribution >= 0.6 is 0 Å². The van der Waals surface area contributed by atoms with Crippen LogP contribution in [0.25, 0.3) is 11.7 Å². The number of nitrogens with zero attached hydrogens (tertiary/aromatic N) is 4. The summed E-state index contributed by atoms with van der Waals surface area (Å²) in [5.74, 6) is -0.435. The molecule has 5 rings (SSSR count). The van der Waals surface area contributed by atoms with Gasteiger partial charge >= 0.3 is 6.18 Å². The molecule has 2 N–H and O–H groups in total. The van der Waals surface area contributed by atoms with E-state index in [4.69, 9.17) is 0 Å². The van der Waals surface area contributed by atoms with Crippen molar-refractivity contribution in [3.8, 4) is 0 Å². The predicted molar refractivity (Wildman–Crippen MR) is 135 cm³/mol. The first-order chi connectivity index (χ1) is 18.2. The summed E-state index contributed by atoms with van der Waals surface area (Å²) in [7, 11) is 0. The van der Waals surface area contributed by atoms with Gasteiger partial charge in [-0.25, -0.2) is 4.98 Å². The van der Waals surface area contributed by atoms with Gasteiger partial charge in [-0.15, -0.1) is 0 Å². The largest absolute Gasteiger partial charge is 0.416 e. The number of carbonyl (C=O) groups is 2. The Morgan fingerprint density at radius 1 is 1.16 bits per heavy atom. The number of piperidine rings is 1. The number of hydrogen-bond acceptors (Lipinski definition) is 4. The van der Waals surface area contributed by atoms with E-state index in [9.17, 15) is 22.8 Å². The van der Waals surface area contributed by atoms with Crippen molar-refractivity contribution in [3.63, 3.8) is 0 Å². The van der Waals surface area contributed by atoms with Crippen LogP contribution in [0.3, 0.4) is 0 Å². The number of aromatic amines is 1. The summed E-state index contributed by atoms with van der Waals surface area (Å²) >= 11 is 0. The quantitative estimate of drug-likeness (QED) is 0.343. The third-order valence-electron chi connectivity index (χ3n) is 6.50. The molecule has 1 aliphatic heterocycles. The Kier molecular flexibility index (Phi) is 6.75. The van der Waals surface area contributed by atoms with E-state index in [1.54, 1.807) is 21.6 Å². The number of amides is 2. The average Bonchev–Trinajstić information content (AvgIpc) is 3.53. The number of fused-ring (bicyclic) bond motifs is 1. The molecule has 0 aliphatic carbocycles. The number of anilines is 1. The maximum Gasteiger partial charge on any atom is 0.416 e. The van der Waals surface area contributed by atoms with Crippen LogP contribution in [-0.4, -0.2) is 42.8 Å². The molecule has 196 valence electrons. The first-order valence-electron chi connectivity index (χ1n) is 12.2. The zero-order chi connectivity index (χ0) is 26.9. The molecule has 11 heteroatoms. The zero-order valence-electron chi connectivity index (χ0n) is 20.5. The lowest BCUT2D eigenvalue weighted by Gasteiger charge is -2.34. The van der Waals surface area contributed by atoms with Crippen LogP contribution < -0.4 is 5.32 Å². The third-order valence-corrected chi connectivity index (χ3v) is 6.50. The molecule has 1 aromatic carbocycles. The molecule has 4 aromatic rings. The van der Waals surface area contributed by atoms with Gasteiger partial charge in [-0.2, -0.15) is 18.3 Å². The lowest BCUT2D eigenvalue weighted by molar-refractivity contribution is -0.137. The molecule has 1 saturated heterocycles. The van der Waals surface area contributed by atoms with Crippen molar-refractivity contribution in [1.82, 2.24) is 24.5 Å². The van der Waals surface area contributed by atoms with Crippen LogP contribution in [0, 0.1) is 6.92 Å². The van der Waals surface area contributed by atoms with Gasteiger partial charge in [-0.05, 0) is 67.7 Å². The molecule has 1 unspecified atom stereocenters. The SMILES string of the molecule is Cc1ccn2c(C(=O)N3CCCCC3c3cc(NC(=O)/C=C/c4cccc(C(F)(F)F)c4)n[nH]3)cnc2c1. The van der Waals surface area contributed by atoms with Crippen molar-refractivity contribution >= 4 is 29.4 Å². The minimum Gasteiger partial charge on any atom is -0.329 e. The van der Waals surface area contributed by atoms with E-state index in [1.165, 1.54) is 18.2 Å². The van der Waals surface area contributed by atoms with Crippen LogP contribution in [0.1, 0.15) is 58.2 Å². The van der Waals surface area contributed by atoms with Crippen molar-refractivity contribution in [2.45, 2.75) is 38.4 Å². The molecule has 3 aromatic heterocycles. The third kappa shape index (κ3) is 5.31. The number of imidazole rings is 1. The number of hydrogen-bond donors (Lipinski definition) is 2. The molecular weight excluding hydrogens is 497 g/mol. The highest BCUT2D eigenvalue weighted by Crippen LogP contribution is 2.32. The number of alkyl halides is 3. The maximum absolute atomic E-state index is 13.5. The Hall–Kier alpha value is -4.41. The van der Waals surface area contributed by atoms with Crippen molar-refractivity contribution in [2.24, 2.45) is 0 Å². The molecule has 2 amide bonds. The van der Waals surface area contributed by atoms with Gasteiger partial charge in [0.15, 0.2) is 5.82 Å². The molecule has 0 bridgehead atoms. The fourth-order valence-electron chi connectivity index (χ4n) is 4.62. The van der Waals surface area contributed by atoms with E-state index in [1.807, 2.05) is 25.3 Å². The minimum absolute atomic E-state index is 0.143. The first-order valence-corrected chi connectivity index (χ1v) is 12.2. The lowest BCUT2D eigenvalue weighted by Crippen LogP contribution is -2.39. The molecule has 8 nitrogen and oxygen atoms in total. The number of aryl methyl sites for hydroxylation is 1. The monoisotopic (exact) mass is 522 g/mol. The number of halogens is 3. The van der Waals surface area contributed by atoms with Crippen molar-refractivity contribution in [2.75, 3.05) is 11.9 Å². The van der Waals surface area contributed by atoms with Crippen LogP contribution in [0.15, 0.2) is 60.9 Å². The van der Waals surface area contributed by atoms with E-state index in [2.05, 4.69) is 20.5 Å². The van der Waals surface area contributed by atoms with Crippen LogP contribution in [0.2, 0.25) is 0 Å². The number of carbonyl (C=O) groups excluding carboxylic acids is 2. The summed E-state index contributed by atoms with van der Waals surface area (Å²) in [5, 5.41) is 9.69. The second-order valence-corrected chi connectivity index (χ2v) is 9.24. The topological polar surface area (TPSA) is 95.4 Å². The van der Waals surface area contributed by atoms with Crippen molar-refractivity contribution in [3.05, 3.63) is 89.0 Å². The predicted octanol–water partition coefficient (Wildman–Crippen LogP) is 5.40. The molecule has 4 heterocycles. The Morgan fingerprint density at radius 2 is 2.00 bits per heavy atom. The molecular formula is C27H25F3N6O2. The number of H-pyrrole nitrogens is 1. The number of likely N-dealkylation sites (tertiary alicyclic amines) is 1. The second-order valence-electron chi connectivity index (χ2n) is 9.24. The second kappa shape index (κ2) is 10.2. The Labute approximate surface area is 216 Å². The van der Waals surface area contributed by atoms with Gasteiger partial charge in [0, 0.05) is 24.9 Å². The van der Waals surface area contributed by atoms with Gasteiger partial charge in [0.1, 0.15) is 11.3 Å². The average molecular weight is 523 g/mol. The van der Waals surface area contributed by atoms with E-state index < -0.39 is 17.6 Å². The van der Waals surface area contributed by atoms with E-state index in [0.29, 0.717) is 23.6 Å². The fourth-order valence-corrected chi connectivity index (χ4v) is 4.62. The normalized spacial score (nSPS) is 16.3. The van der Waals surface area contributed by atoms with Crippen LogP contribution in [0.4, 0.5) is 19.0 Å². The van der Waals surface area contributed by atoms with Gasteiger partial charge < -0.3 is 10.2 Å². The summed E-state index contributed by atoms with van der Waals surface area (Å²) in [6, 6.07) is 9.95. The van der Waals surface area contributed by atoms with Gasteiger partial charge in [0.25, 0.3) is 5.91 Å². The molecule has 38 heavy (non-hydrogen) atoms. The highest BCUT2D eigenvalue weighted by molar-refractivity contribution is 6.01. The summed E-state index contributed by atoms with van der Waals surface area (Å²) < 4.78 is 40.5. The maximum atomic E-state index is 13.5. The van der Waals surface area contributed by atoms with Gasteiger partial charge in [0.05, 0.1) is 23.5 Å². The molecule has 1 fully saturated rings. The Morgan fingerprint density at radius 3 is 2.82 bits per heavy atom. The van der Waals surface area contributed by atoms with Crippen molar-refractivity contribution in [1.29, 1.82) is 0 Å². The minimum atomic E-state index is -4.46. The number of pyridine rings is 1. The van der Waals surface area contributed by atoms with E-state index >= 15 is 0 Å². The lowest BCUT2D eigenvalue weighted by atomic mass is 9.99. The molecule has 1 aliphatic rings. The van der Waals surface area contributed by atoms with Gasteiger partial charge in [-0.1, -0.05) is 12.1 Å². The standard InChI is InChI=1S/C27H25F3N6O2/c1-17-10-12-35-22(16-31-24(35)13-17)26(38)36-11-3-2-7-21(36)20-15-23(34-33-20)32-25(37)9-8-18-5-4-6-19(14-18)27(28,29)30/h4-6,8-10,12-16,21H,2-3,7,11H2,1H3,(H2,32,33,34,37)/b9-8+. The number of aromatic nitrogens is 4. The van der Waals surface area contributed by atoms with E-state index in [-0.39, 0.29) is 23.3 Å². The zero-order valence-corrected chi connectivity index (χ0v) is 20.5. The summed E-state index contributed by atoms with van der Waals surface area (Å²) in [5.41, 5.74) is 2.36. The van der Waals surface area contributed by atoms with Gasteiger partial charge in [0.2, 0.25) is 5.91 Å². The smallest absolute Gasteiger partial charge is 0.329 e. The fraction of sp³-hybridized carbons (Fsp3) is 0.259. The molecule has 0 spiro atoms. The highest BCUT2D eigenvalue weighted by atomic mass is 19.4. The molecule has 0 saturated carbocycles. The number of rotatable bonds is 5.